The third-order valence-electron chi connectivity index (χ3n) is 1.98. The van der Waals surface area contributed by atoms with Crippen LogP contribution in [0.5, 0.6) is 0 Å². The van der Waals surface area contributed by atoms with E-state index in [-0.39, 0.29) is 0 Å². The summed E-state index contributed by atoms with van der Waals surface area (Å²) < 4.78 is 2.91. The lowest BCUT2D eigenvalue weighted by molar-refractivity contribution is 0.960. The minimum atomic E-state index is 0.823. The number of hydrogen-bond acceptors (Lipinski definition) is 4. The van der Waals surface area contributed by atoms with Gasteiger partial charge in [-0.1, -0.05) is 23.5 Å². The molecule has 2 heterocycles. The van der Waals surface area contributed by atoms with Crippen LogP contribution in [0.3, 0.4) is 0 Å². The summed E-state index contributed by atoms with van der Waals surface area (Å²) in [5, 5.41) is 13.1. The summed E-state index contributed by atoms with van der Waals surface area (Å²) in [5.74, 6) is 0. The fourth-order valence-electron chi connectivity index (χ4n) is 1.27. The molecule has 0 saturated carbocycles. The fourth-order valence-corrected chi connectivity index (χ4v) is 2.45. The van der Waals surface area contributed by atoms with Crippen LogP contribution in [0.1, 0.15) is 0 Å². The number of aromatic nitrogens is 4. The first-order chi connectivity index (χ1) is 7.33. The van der Waals surface area contributed by atoms with E-state index in [1.54, 1.807) is 10.8 Å². The highest BCUT2D eigenvalue weighted by Crippen LogP contribution is 2.24. The molecule has 0 spiro atoms. The number of benzene rings is 1. The Kier molecular flexibility index (Phi) is 2.17. The van der Waals surface area contributed by atoms with E-state index in [9.17, 15) is 0 Å². The van der Waals surface area contributed by atoms with Crippen molar-refractivity contribution >= 4 is 38.9 Å². The molecule has 0 aliphatic carbocycles. The molecule has 0 fully saturated rings. The molecule has 0 saturated heterocycles. The van der Waals surface area contributed by atoms with Crippen molar-refractivity contribution in [3.8, 4) is 10.6 Å². The van der Waals surface area contributed by atoms with Crippen LogP contribution in [0, 0.1) is 3.57 Å². The van der Waals surface area contributed by atoms with Gasteiger partial charge in [0.25, 0.3) is 0 Å². The monoisotopic (exact) mass is 328 g/mol. The van der Waals surface area contributed by atoms with Crippen molar-refractivity contribution in [2.45, 2.75) is 0 Å². The van der Waals surface area contributed by atoms with Gasteiger partial charge in [0, 0.05) is 9.13 Å². The topological polar surface area (TPSA) is 43.1 Å². The Balaban J connectivity index is 2.13. The molecular weight excluding hydrogens is 323 g/mol. The number of hydrogen-bond donors (Lipinski definition) is 0. The van der Waals surface area contributed by atoms with Crippen molar-refractivity contribution in [1.29, 1.82) is 0 Å². The Morgan fingerprint density at radius 1 is 1.20 bits per heavy atom. The molecule has 15 heavy (non-hydrogen) atoms. The second kappa shape index (κ2) is 3.53. The van der Waals surface area contributed by atoms with Crippen LogP contribution in [-0.4, -0.2) is 19.8 Å². The van der Waals surface area contributed by atoms with Crippen LogP contribution in [0.15, 0.2) is 30.6 Å². The lowest BCUT2D eigenvalue weighted by atomic mass is 10.2. The van der Waals surface area contributed by atoms with Gasteiger partial charge in [0.1, 0.15) is 11.3 Å². The van der Waals surface area contributed by atoms with E-state index < -0.39 is 0 Å². The van der Waals surface area contributed by atoms with Gasteiger partial charge in [-0.3, -0.25) is 0 Å². The lowest BCUT2D eigenvalue weighted by Crippen LogP contribution is -1.82. The predicted octanol–water partition coefficient (Wildman–Crippen LogP) is 2.46. The van der Waals surface area contributed by atoms with Crippen LogP contribution in [0.2, 0.25) is 0 Å². The fraction of sp³-hybridized carbons (Fsp3) is 0. The third kappa shape index (κ3) is 1.63. The summed E-state index contributed by atoms with van der Waals surface area (Å²) in [6.45, 7) is 0. The molecule has 3 rings (SSSR count). The molecule has 0 aliphatic heterocycles. The number of halogens is 1. The molecule has 0 amide bonds. The van der Waals surface area contributed by atoms with Gasteiger partial charge in [0.05, 0.1) is 0 Å². The Morgan fingerprint density at radius 2 is 2.00 bits per heavy atom. The van der Waals surface area contributed by atoms with Gasteiger partial charge in [-0.2, -0.15) is 9.61 Å². The summed E-state index contributed by atoms with van der Waals surface area (Å²) in [6.07, 6.45) is 1.61. The van der Waals surface area contributed by atoms with Gasteiger partial charge in [0.15, 0.2) is 0 Å². The van der Waals surface area contributed by atoms with Crippen LogP contribution in [0.4, 0.5) is 0 Å². The molecule has 2 aromatic heterocycles. The van der Waals surface area contributed by atoms with Crippen molar-refractivity contribution in [2.75, 3.05) is 0 Å². The van der Waals surface area contributed by atoms with Crippen molar-refractivity contribution in [3.63, 3.8) is 0 Å². The summed E-state index contributed by atoms with van der Waals surface area (Å²) >= 11 is 3.82. The van der Waals surface area contributed by atoms with E-state index in [0.29, 0.717) is 0 Å². The van der Waals surface area contributed by atoms with Crippen molar-refractivity contribution in [2.24, 2.45) is 0 Å². The van der Waals surface area contributed by atoms with Crippen LogP contribution < -0.4 is 0 Å². The van der Waals surface area contributed by atoms with E-state index >= 15 is 0 Å². The minimum Gasteiger partial charge on any atom is -0.190 e. The van der Waals surface area contributed by atoms with Crippen LogP contribution in [0.25, 0.3) is 15.5 Å². The molecule has 0 bridgehead atoms. The second-order valence-electron chi connectivity index (χ2n) is 2.97. The molecule has 0 aliphatic rings. The first-order valence-corrected chi connectivity index (χ1v) is 6.15. The quantitative estimate of drug-likeness (QED) is 0.645. The maximum Gasteiger partial charge on any atom is 0.234 e. The minimum absolute atomic E-state index is 0.823. The second-order valence-corrected chi connectivity index (χ2v) is 5.17. The van der Waals surface area contributed by atoms with Gasteiger partial charge in [0.2, 0.25) is 4.96 Å². The standard InChI is InChI=1S/C9H5IN4S/c10-7-3-1-6(2-4-7)8-13-14-5-11-12-9(14)15-8/h1-5H. The van der Waals surface area contributed by atoms with Crippen LogP contribution >= 0.6 is 33.9 Å². The van der Waals surface area contributed by atoms with Gasteiger partial charge in [-0.15, -0.1) is 10.2 Å². The molecule has 0 N–H and O–H groups in total. The zero-order valence-corrected chi connectivity index (χ0v) is 10.4. The molecule has 74 valence electrons. The number of rotatable bonds is 1. The summed E-state index contributed by atoms with van der Waals surface area (Å²) in [4.78, 5) is 0.823. The summed E-state index contributed by atoms with van der Waals surface area (Å²) in [7, 11) is 0. The summed E-state index contributed by atoms with van der Waals surface area (Å²) in [5.41, 5.74) is 1.12. The zero-order chi connectivity index (χ0) is 10.3. The van der Waals surface area contributed by atoms with E-state index in [0.717, 1.165) is 15.5 Å². The molecule has 1 aromatic carbocycles. The van der Waals surface area contributed by atoms with Crippen molar-refractivity contribution in [1.82, 2.24) is 19.8 Å². The predicted molar refractivity (Wildman–Crippen MR) is 66.8 cm³/mol. The van der Waals surface area contributed by atoms with Gasteiger partial charge in [-0.25, -0.2) is 0 Å². The molecule has 0 atom stereocenters. The van der Waals surface area contributed by atoms with Crippen LogP contribution in [-0.2, 0) is 0 Å². The third-order valence-corrected chi connectivity index (χ3v) is 3.66. The van der Waals surface area contributed by atoms with E-state index in [1.807, 2.05) is 0 Å². The smallest absolute Gasteiger partial charge is 0.190 e. The molecule has 3 aromatic rings. The Labute approximate surface area is 103 Å². The highest BCUT2D eigenvalue weighted by Gasteiger charge is 2.06. The Bertz CT molecular complexity index is 569. The first kappa shape index (κ1) is 9.22. The molecule has 0 unspecified atom stereocenters. The highest BCUT2D eigenvalue weighted by molar-refractivity contribution is 14.1. The molecule has 0 radical (unpaired) electrons. The molecule has 6 heteroatoms. The number of nitrogens with zero attached hydrogens (tertiary/aromatic N) is 4. The normalized spacial score (nSPS) is 11.0. The SMILES string of the molecule is Ic1ccc(-c2nn3cnnc3s2)cc1. The van der Waals surface area contributed by atoms with E-state index in [2.05, 4.69) is 62.2 Å². The Morgan fingerprint density at radius 3 is 2.73 bits per heavy atom. The van der Waals surface area contributed by atoms with Crippen molar-refractivity contribution in [3.05, 3.63) is 34.2 Å². The molecule has 4 nitrogen and oxygen atoms in total. The summed E-state index contributed by atoms with van der Waals surface area (Å²) in [6, 6.07) is 8.26. The largest absolute Gasteiger partial charge is 0.234 e. The van der Waals surface area contributed by atoms with Gasteiger partial charge >= 0.3 is 0 Å². The maximum atomic E-state index is 4.38. The van der Waals surface area contributed by atoms with E-state index in [4.69, 9.17) is 0 Å². The van der Waals surface area contributed by atoms with E-state index in [1.165, 1.54) is 14.9 Å². The zero-order valence-electron chi connectivity index (χ0n) is 7.46. The van der Waals surface area contributed by atoms with Gasteiger partial charge < -0.3 is 0 Å². The average molecular weight is 328 g/mol. The lowest BCUT2D eigenvalue weighted by Gasteiger charge is -1.94. The highest BCUT2D eigenvalue weighted by atomic mass is 127. The average Bonchev–Trinajstić information content (AvgIpc) is 2.78. The van der Waals surface area contributed by atoms with Crippen molar-refractivity contribution < 1.29 is 0 Å². The number of fused-ring (bicyclic) bond motifs is 1. The maximum absolute atomic E-state index is 4.38. The first-order valence-electron chi connectivity index (χ1n) is 4.26. The molecular formula is C9H5IN4S. The Hall–Kier alpha value is -1.02. The van der Waals surface area contributed by atoms with Gasteiger partial charge in [-0.05, 0) is 34.7 Å².